The van der Waals surface area contributed by atoms with Crippen LogP contribution in [0.5, 0.6) is 0 Å². The van der Waals surface area contributed by atoms with Gasteiger partial charge >= 0.3 is 17.8 Å². The third-order valence-corrected chi connectivity index (χ3v) is 4.96. The average Bonchev–Trinajstić information content (AvgIpc) is 2.72. The number of esters is 1. The Hall–Kier alpha value is -2.75. The highest BCUT2D eigenvalue weighted by Gasteiger charge is 2.26. The Kier molecular flexibility index (Phi) is 8.94. The zero-order chi connectivity index (χ0) is 24.0. The van der Waals surface area contributed by atoms with Crippen molar-refractivity contribution >= 4 is 41.0 Å². The topological polar surface area (TPSA) is 113 Å². The van der Waals surface area contributed by atoms with Crippen LogP contribution >= 0.6 is 23.2 Å². The lowest BCUT2D eigenvalue weighted by Crippen LogP contribution is -2.44. The van der Waals surface area contributed by atoms with E-state index < -0.39 is 48.0 Å². The summed E-state index contributed by atoms with van der Waals surface area (Å²) in [6.07, 6.45) is -2.73. The number of carbonyl (C=O) groups is 3. The van der Waals surface area contributed by atoms with Crippen molar-refractivity contribution in [1.82, 2.24) is 5.32 Å². The van der Waals surface area contributed by atoms with E-state index in [9.17, 15) is 28.3 Å². The summed E-state index contributed by atoms with van der Waals surface area (Å²) in [6.45, 7) is 1.42. The molecule has 0 bridgehead atoms. The van der Waals surface area contributed by atoms with Crippen LogP contribution in [0.3, 0.4) is 0 Å². The fraction of sp³-hybridized carbons (Fsp3) is 0.286. The molecule has 0 heterocycles. The minimum Gasteiger partial charge on any atom is -0.479 e. The lowest BCUT2D eigenvalue weighted by atomic mass is 9.97. The number of carboxylic acid groups (broad SMARTS) is 1. The Morgan fingerprint density at radius 3 is 2.41 bits per heavy atom. The molecule has 0 spiro atoms. The van der Waals surface area contributed by atoms with Crippen LogP contribution < -0.4 is 5.32 Å². The predicted octanol–water partition coefficient (Wildman–Crippen LogP) is 3.36. The van der Waals surface area contributed by atoms with E-state index in [1.165, 1.54) is 25.1 Å². The maximum atomic E-state index is 14.8. The molecular formula is C21H19Cl2F2NO6. The van der Waals surface area contributed by atoms with Gasteiger partial charge in [0.1, 0.15) is 11.6 Å². The van der Waals surface area contributed by atoms with Crippen LogP contribution in [0.15, 0.2) is 30.3 Å². The summed E-state index contributed by atoms with van der Waals surface area (Å²) in [5.74, 6) is -5.46. The third-order valence-electron chi connectivity index (χ3n) is 4.41. The minimum absolute atomic E-state index is 0.0265. The van der Waals surface area contributed by atoms with Gasteiger partial charge in [-0.1, -0.05) is 23.2 Å². The number of aliphatic carboxylic acids is 1. The molecule has 32 heavy (non-hydrogen) atoms. The largest absolute Gasteiger partial charge is 0.479 e. The van der Waals surface area contributed by atoms with Crippen LogP contribution in [0.25, 0.3) is 11.1 Å². The molecule has 172 valence electrons. The second-order valence-corrected chi connectivity index (χ2v) is 7.58. The SMILES string of the molecule is CCOC(=O)C(=O)NC(Cc1cc(Cl)c(-c2cc(Cl)ccc2F)cc1F)CC(O)C(=O)O. The number of hydrogen-bond donors (Lipinski definition) is 3. The summed E-state index contributed by atoms with van der Waals surface area (Å²) in [6, 6.07) is 4.71. The highest BCUT2D eigenvalue weighted by molar-refractivity contribution is 6.34. The van der Waals surface area contributed by atoms with E-state index in [0.717, 1.165) is 12.1 Å². The van der Waals surface area contributed by atoms with E-state index in [1.54, 1.807) is 0 Å². The molecule has 2 rings (SSSR count). The van der Waals surface area contributed by atoms with E-state index in [1.807, 2.05) is 0 Å². The Balaban J connectivity index is 2.34. The van der Waals surface area contributed by atoms with Gasteiger partial charge in [0.25, 0.3) is 0 Å². The molecule has 0 aliphatic carbocycles. The molecule has 0 aliphatic rings. The highest BCUT2D eigenvalue weighted by Crippen LogP contribution is 2.34. The van der Waals surface area contributed by atoms with Crippen LogP contribution in [0, 0.1) is 11.6 Å². The number of rotatable bonds is 8. The number of ether oxygens (including phenoxy) is 1. The van der Waals surface area contributed by atoms with Crippen molar-refractivity contribution in [2.45, 2.75) is 31.9 Å². The molecular weight excluding hydrogens is 471 g/mol. The van der Waals surface area contributed by atoms with Gasteiger partial charge in [-0.05, 0) is 49.2 Å². The van der Waals surface area contributed by atoms with E-state index in [-0.39, 0.29) is 39.8 Å². The fourth-order valence-electron chi connectivity index (χ4n) is 2.92. The van der Waals surface area contributed by atoms with Crippen molar-refractivity contribution in [3.05, 3.63) is 57.6 Å². The van der Waals surface area contributed by atoms with Gasteiger partial charge in [0, 0.05) is 33.6 Å². The second-order valence-electron chi connectivity index (χ2n) is 6.73. The first kappa shape index (κ1) is 25.5. The first-order valence-corrected chi connectivity index (χ1v) is 10.1. The number of nitrogens with one attached hydrogen (secondary N) is 1. The molecule has 2 aromatic carbocycles. The molecule has 0 radical (unpaired) electrons. The maximum Gasteiger partial charge on any atom is 0.396 e. The van der Waals surface area contributed by atoms with Crippen LogP contribution in [0.4, 0.5) is 8.78 Å². The van der Waals surface area contributed by atoms with Gasteiger partial charge < -0.3 is 20.3 Å². The summed E-state index contributed by atoms with van der Waals surface area (Å²) >= 11 is 12.1. The number of aliphatic hydroxyl groups is 1. The molecule has 0 saturated carbocycles. The predicted molar refractivity (Wildman–Crippen MR) is 112 cm³/mol. The number of benzene rings is 2. The first-order chi connectivity index (χ1) is 15.0. The number of carbonyl (C=O) groups excluding carboxylic acids is 2. The van der Waals surface area contributed by atoms with Gasteiger partial charge in [-0.3, -0.25) is 4.79 Å². The van der Waals surface area contributed by atoms with Crippen molar-refractivity contribution in [2.24, 2.45) is 0 Å². The van der Waals surface area contributed by atoms with Gasteiger partial charge in [-0.2, -0.15) is 0 Å². The van der Waals surface area contributed by atoms with Crippen molar-refractivity contribution in [2.75, 3.05) is 6.61 Å². The minimum atomic E-state index is -1.89. The quantitative estimate of drug-likeness (QED) is 0.387. The Morgan fingerprint density at radius 2 is 1.78 bits per heavy atom. The molecule has 0 saturated heterocycles. The summed E-state index contributed by atoms with van der Waals surface area (Å²) in [4.78, 5) is 34.5. The fourth-order valence-corrected chi connectivity index (χ4v) is 3.38. The number of halogens is 4. The van der Waals surface area contributed by atoms with Crippen LogP contribution in [-0.4, -0.2) is 46.8 Å². The molecule has 0 aliphatic heterocycles. The van der Waals surface area contributed by atoms with Gasteiger partial charge in [0.15, 0.2) is 6.10 Å². The van der Waals surface area contributed by atoms with E-state index in [4.69, 9.17) is 28.3 Å². The third kappa shape index (κ3) is 6.62. The molecule has 0 aromatic heterocycles. The lowest BCUT2D eigenvalue weighted by Gasteiger charge is -2.21. The average molecular weight is 490 g/mol. The molecule has 2 atom stereocenters. The van der Waals surface area contributed by atoms with Gasteiger partial charge in [-0.25, -0.2) is 18.4 Å². The molecule has 1 amide bonds. The zero-order valence-electron chi connectivity index (χ0n) is 16.7. The standard InChI is InChI=1S/C21H19Cl2F2NO6/c1-2-32-21(31)19(28)26-12(8-18(27)20(29)30)5-10-6-15(23)13(9-17(10)25)14-7-11(22)3-4-16(14)24/h3-4,6-7,9,12,18,27H,2,5,8H2,1H3,(H,26,28)(H,29,30). The Morgan fingerprint density at radius 1 is 1.09 bits per heavy atom. The highest BCUT2D eigenvalue weighted by atomic mass is 35.5. The van der Waals surface area contributed by atoms with Gasteiger partial charge in [-0.15, -0.1) is 0 Å². The summed E-state index contributed by atoms with van der Waals surface area (Å²) in [5.41, 5.74) is -0.0556. The molecule has 2 aromatic rings. The number of hydrogen-bond acceptors (Lipinski definition) is 5. The Labute approximate surface area is 191 Å². The zero-order valence-corrected chi connectivity index (χ0v) is 18.2. The molecule has 2 unspecified atom stereocenters. The monoisotopic (exact) mass is 489 g/mol. The summed E-state index contributed by atoms with van der Waals surface area (Å²) in [7, 11) is 0. The van der Waals surface area contributed by atoms with Crippen molar-refractivity contribution in [3.63, 3.8) is 0 Å². The lowest BCUT2D eigenvalue weighted by molar-refractivity contribution is -0.155. The molecule has 3 N–H and O–H groups in total. The van der Waals surface area contributed by atoms with Crippen molar-refractivity contribution < 1.29 is 38.1 Å². The van der Waals surface area contributed by atoms with Crippen molar-refractivity contribution in [3.8, 4) is 11.1 Å². The molecule has 11 heteroatoms. The van der Waals surface area contributed by atoms with E-state index >= 15 is 0 Å². The smallest absolute Gasteiger partial charge is 0.396 e. The van der Waals surface area contributed by atoms with E-state index in [0.29, 0.717) is 0 Å². The van der Waals surface area contributed by atoms with Crippen molar-refractivity contribution in [1.29, 1.82) is 0 Å². The second kappa shape index (κ2) is 11.2. The van der Waals surface area contributed by atoms with Gasteiger partial charge in [0.2, 0.25) is 0 Å². The molecule has 0 fully saturated rings. The maximum absolute atomic E-state index is 14.8. The number of carboxylic acids is 1. The normalized spacial score (nSPS) is 12.7. The van der Waals surface area contributed by atoms with Gasteiger partial charge in [0.05, 0.1) is 6.61 Å². The summed E-state index contributed by atoms with van der Waals surface area (Å²) < 4.78 is 33.6. The first-order valence-electron chi connectivity index (χ1n) is 9.35. The summed E-state index contributed by atoms with van der Waals surface area (Å²) in [5, 5.41) is 21.0. The number of amides is 1. The number of aliphatic hydroxyl groups excluding tert-OH is 1. The Bertz CT molecular complexity index is 1030. The van der Waals surface area contributed by atoms with Crippen LogP contribution in [0.2, 0.25) is 10.0 Å². The van der Waals surface area contributed by atoms with Crippen LogP contribution in [0.1, 0.15) is 18.9 Å². The van der Waals surface area contributed by atoms with E-state index in [2.05, 4.69) is 10.1 Å². The molecule has 7 nitrogen and oxygen atoms in total. The van der Waals surface area contributed by atoms with Crippen LogP contribution in [-0.2, 0) is 25.5 Å².